The number of nitrogens with two attached hydrogens (primary N) is 1. The van der Waals surface area contributed by atoms with Crippen LogP contribution in [0.5, 0.6) is 0 Å². The molecule has 0 spiro atoms. The number of nitrogen functional groups attached to an aromatic ring is 1. The van der Waals surface area contributed by atoms with Gasteiger partial charge in [-0.3, -0.25) is 4.90 Å². The number of nitrogens with zero attached hydrogens (tertiary/aromatic N) is 1. The van der Waals surface area contributed by atoms with Gasteiger partial charge in [-0.15, -0.1) is 0 Å². The standard InChI is InChI=1S/C17H26N2O2/c18-15-7-2-1-6-14(15)16(20)12-19-10-9-17(21)8-4-3-5-13(17)11-19/h1-2,6-7,13,16,20-21H,3-5,8-12,18H2. The van der Waals surface area contributed by atoms with Crippen molar-refractivity contribution in [3.63, 3.8) is 0 Å². The SMILES string of the molecule is Nc1ccccc1C(O)CN1CCC2(O)CCCCC2C1. The van der Waals surface area contributed by atoms with Gasteiger partial charge >= 0.3 is 0 Å². The molecule has 4 nitrogen and oxygen atoms in total. The number of para-hydroxylation sites is 1. The van der Waals surface area contributed by atoms with Gasteiger partial charge in [0, 0.05) is 36.8 Å². The van der Waals surface area contributed by atoms with Crippen molar-refractivity contribution in [2.45, 2.75) is 43.8 Å². The smallest absolute Gasteiger partial charge is 0.0936 e. The van der Waals surface area contributed by atoms with Gasteiger partial charge in [0.15, 0.2) is 0 Å². The number of hydrogen-bond donors (Lipinski definition) is 3. The van der Waals surface area contributed by atoms with Crippen molar-refractivity contribution in [3.8, 4) is 0 Å². The summed E-state index contributed by atoms with van der Waals surface area (Å²) in [6.45, 7) is 2.35. The largest absolute Gasteiger partial charge is 0.398 e. The van der Waals surface area contributed by atoms with Gasteiger partial charge in [0.1, 0.15) is 0 Å². The lowest BCUT2D eigenvalue weighted by Gasteiger charge is -2.47. The minimum atomic E-state index is -0.555. The molecule has 0 amide bonds. The average Bonchev–Trinajstić information content (AvgIpc) is 2.48. The molecule has 1 aromatic rings. The fourth-order valence-electron chi connectivity index (χ4n) is 3.96. The minimum Gasteiger partial charge on any atom is -0.398 e. The summed E-state index contributed by atoms with van der Waals surface area (Å²) >= 11 is 0. The van der Waals surface area contributed by atoms with Crippen molar-refractivity contribution in [1.29, 1.82) is 0 Å². The number of benzene rings is 1. The van der Waals surface area contributed by atoms with E-state index in [0.717, 1.165) is 44.3 Å². The number of β-amino-alcohol motifs (C(OH)–C–C–N with tert-alkyl or cyclic N) is 1. The van der Waals surface area contributed by atoms with Crippen LogP contribution in [0.1, 0.15) is 43.8 Å². The number of piperidine rings is 1. The molecule has 2 fully saturated rings. The fourth-order valence-corrected chi connectivity index (χ4v) is 3.96. The van der Waals surface area contributed by atoms with Gasteiger partial charge in [-0.05, 0) is 25.3 Å². The minimum absolute atomic E-state index is 0.361. The van der Waals surface area contributed by atoms with Crippen LogP contribution in [0.3, 0.4) is 0 Å². The Morgan fingerprint density at radius 3 is 2.90 bits per heavy atom. The Kier molecular flexibility index (Phi) is 4.20. The molecule has 4 heteroatoms. The van der Waals surface area contributed by atoms with Crippen LogP contribution < -0.4 is 5.73 Å². The van der Waals surface area contributed by atoms with Crippen molar-refractivity contribution in [3.05, 3.63) is 29.8 Å². The summed E-state index contributed by atoms with van der Waals surface area (Å²) < 4.78 is 0. The van der Waals surface area contributed by atoms with Gasteiger partial charge in [0.2, 0.25) is 0 Å². The van der Waals surface area contributed by atoms with Crippen molar-refractivity contribution in [2.75, 3.05) is 25.4 Å². The van der Waals surface area contributed by atoms with Crippen LogP contribution in [0, 0.1) is 5.92 Å². The zero-order valence-corrected chi connectivity index (χ0v) is 12.5. The number of likely N-dealkylation sites (tertiary alicyclic amines) is 1. The second kappa shape index (κ2) is 5.95. The van der Waals surface area contributed by atoms with Gasteiger partial charge < -0.3 is 15.9 Å². The van der Waals surface area contributed by atoms with Crippen molar-refractivity contribution in [2.24, 2.45) is 5.92 Å². The molecule has 4 N–H and O–H groups in total. The summed E-state index contributed by atoms with van der Waals surface area (Å²) in [5.74, 6) is 0.361. The summed E-state index contributed by atoms with van der Waals surface area (Å²) in [5.41, 5.74) is 6.94. The number of anilines is 1. The van der Waals surface area contributed by atoms with Crippen LogP contribution >= 0.6 is 0 Å². The van der Waals surface area contributed by atoms with Crippen molar-refractivity contribution < 1.29 is 10.2 Å². The first-order valence-corrected chi connectivity index (χ1v) is 8.06. The lowest BCUT2D eigenvalue weighted by molar-refractivity contribution is -0.0999. The highest BCUT2D eigenvalue weighted by Gasteiger charge is 2.42. The topological polar surface area (TPSA) is 69.7 Å². The number of aliphatic hydroxyl groups excluding tert-OH is 1. The molecule has 1 saturated heterocycles. The highest BCUT2D eigenvalue weighted by atomic mass is 16.3. The Morgan fingerprint density at radius 2 is 2.10 bits per heavy atom. The van der Waals surface area contributed by atoms with Crippen LogP contribution in [0.4, 0.5) is 5.69 Å². The Hall–Kier alpha value is -1.10. The monoisotopic (exact) mass is 290 g/mol. The summed E-state index contributed by atoms with van der Waals surface area (Å²) in [6.07, 6.45) is 4.69. The predicted octanol–water partition coefficient (Wildman–Crippen LogP) is 1.93. The van der Waals surface area contributed by atoms with E-state index in [0.29, 0.717) is 18.2 Å². The van der Waals surface area contributed by atoms with Crippen molar-refractivity contribution in [1.82, 2.24) is 4.90 Å². The van der Waals surface area contributed by atoms with Crippen LogP contribution in [0.25, 0.3) is 0 Å². The normalized spacial score (nSPS) is 31.6. The molecule has 3 atom stereocenters. The van der Waals surface area contributed by atoms with E-state index in [1.807, 2.05) is 24.3 Å². The van der Waals surface area contributed by atoms with E-state index in [9.17, 15) is 10.2 Å². The third-order valence-electron chi connectivity index (χ3n) is 5.30. The molecule has 1 aromatic carbocycles. The van der Waals surface area contributed by atoms with Crippen LogP contribution in [0.15, 0.2) is 24.3 Å². The maximum atomic E-state index is 10.7. The maximum absolute atomic E-state index is 10.7. The first-order valence-electron chi connectivity index (χ1n) is 8.06. The number of fused-ring (bicyclic) bond motifs is 1. The molecule has 1 aliphatic heterocycles. The molecule has 116 valence electrons. The maximum Gasteiger partial charge on any atom is 0.0936 e. The summed E-state index contributed by atoms with van der Waals surface area (Å²) in [4.78, 5) is 2.28. The Bertz CT molecular complexity index is 493. The molecular weight excluding hydrogens is 264 g/mol. The molecule has 0 radical (unpaired) electrons. The van der Waals surface area contributed by atoms with E-state index in [4.69, 9.17) is 5.73 Å². The van der Waals surface area contributed by atoms with Crippen LogP contribution in [0.2, 0.25) is 0 Å². The van der Waals surface area contributed by atoms with E-state index < -0.39 is 11.7 Å². The van der Waals surface area contributed by atoms with E-state index in [2.05, 4.69) is 4.90 Å². The molecular formula is C17H26N2O2. The van der Waals surface area contributed by atoms with Gasteiger partial charge in [0.05, 0.1) is 11.7 Å². The Balaban J connectivity index is 1.63. The van der Waals surface area contributed by atoms with E-state index >= 15 is 0 Å². The second-order valence-corrected chi connectivity index (χ2v) is 6.70. The summed E-state index contributed by atoms with van der Waals surface area (Å²) in [7, 11) is 0. The van der Waals surface area contributed by atoms with E-state index in [-0.39, 0.29) is 0 Å². The highest BCUT2D eigenvalue weighted by molar-refractivity contribution is 5.47. The Morgan fingerprint density at radius 1 is 1.29 bits per heavy atom. The van der Waals surface area contributed by atoms with E-state index in [1.54, 1.807) is 0 Å². The molecule has 1 saturated carbocycles. The zero-order valence-electron chi connectivity index (χ0n) is 12.5. The lowest BCUT2D eigenvalue weighted by Crippen LogP contribution is -2.53. The molecule has 1 heterocycles. The number of aliphatic hydroxyl groups is 2. The molecule has 0 aromatic heterocycles. The first kappa shape index (κ1) is 14.8. The van der Waals surface area contributed by atoms with Gasteiger partial charge in [-0.25, -0.2) is 0 Å². The predicted molar refractivity (Wildman–Crippen MR) is 83.8 cm³/mol. The molecule has 1 aliphatic carbocycles. The number of rotatable bonds is 3. The van der Waals surface area contributed by atoms with Crippen molar-refractivity contribution >= 4 is 5.69 Å². The second-order valence-electron chi connectivity index (χ2n) is 6.70. The molecule has 2 aliphatic rings. The third-order valence-corrected chi connectivity index (χ3v) is 5.30. The van der Waals surface area contributed by atoms with E-state index in [1.165, 1.54) is 6.42 Å². The molecule has 21 heavy (non-hydrogen) atoms. The number of hydrogen-bond acceptors (Lipinski definition) is 4. The van der Waals surface area contributed by atoms with Crippen LogP contribution in [-0.4, -0.2) is 40.3 Å². The zero-order chi connectivity index (χ0) is 14.9. The average molecular weight is 290 g/mol. The van der Waals surface area contributed by atoms with Gasteiger partial charge in [-0.1, -0.05) is 31.0 Å². The third kappa shape index (κ3) is 3.07. The van der Waals surface area contributed by atoms with Gasteiger partial charge in [-0.2, -0.15) is 0 Å². The van der Waals surface area contributed by atoms with Crippen LogP contribution in [-0.2, 0) is 0 Å². The highest BCUT2D eigenvalue weighted by Crippen LogP contribution is 2.40. The first-order chi connectivity index (χ1) is 10.1. The quantitative estimate of drug-likeness (QED) is 0.744. The fraction of sp³-hybridized carbons (Fsp3) is 0.647. The summed E-state index contributed by atoms with van der Waals surface area (Å²) in [5, 5.41) is 21.1. The molecule has 0 bridgehead atoms. The molecule has 3 rings (SSSR count). The molecule has 3 unspecified atom stereocenters. The van der Waals surface area contributed by atoms with Gasteiger partial charge in [0.25, 0.3) is 0 Å². The summed E-state index contributed by atoms with van der Waals surface area (Å²) in [6, 6.07) is 7.51. The lowest BCUT2D eigenvalue weighted by atomic mass is 9.71. The Labute approximate surface area is 126 Å².